The SMILES string of the molecule is COC(=O)C1CCCN1C(=O)CN1CCC(Oc2ccccc2Cc2ccccc2)C1. The van der Waals surface area contributed by atoms with Crippen LogP contribution in [0.15, 0.2) is 54.6 Å². The number of amides is 1. The summed E-state index contributed by atoms with van der Waals surface area (Å²) in [4.78, 5) is 28.5. The van der Waals surface area contributed by atoms with Crippen LogP contribution in [0, 0.1) is 0 Å². The van der Waals surface area contributed by atoms with Gasteiger partial charge in [0.05, 0.1) is 13.7 Å². The zero-order valence-corrected chi connectivity index (χ0v) is 18.0. The zero-order valence-electron chi connectivity index (χ0n) is 18.0. The quantitative estimate of drug-likeness (QED) is 0.642. The minimum Gasteiger partial charge on any atom is -0.489 e. The van der Waals surface area contributed by atoms with Gasteiger partial charge in [-0.05, 0) is 36.5 Å². The van der Waals surface area contributed by atoms with Crippen molar-refractivity contribution < 1.29 is 19.1 Å². The fraction of sp³-hybridized carbons (Fsp3) is 0.440. The van der Waals surface area contributed by atoms with Crippen molar-refractivity contribution in [2.24, 2.45) is 0 Å². The Balaban J connectivity index is 1.33. The van der Waals surface area contributed by atoms with E-state index >= 15 is 0 Å². The molecule has 0 saturated carbocycles. The van der Waals surface area contributed by atoms with Gasteiger partial charge in [0.1, 0.15) is 17.9 Å². The summed E-state index contributed by atoms with van der Waals surface area (Å²) < 4.78 is 11.2. The molecule has 31 heavy (non-hydrogen) atoms. The average molecular weight is 423 g/mol. The molecule has 0 spiro atoms. The number of methoxy groups -OCH3 is 1. The molecule has 0 radical (unpaired) electrons. The third-order valence-corrected chi connectivity index (χ3v) is 6.14. The summed E-state index contributed by atoms with van der Waals surface area (Å²) in [7, 11) is 1.38. The molecule has 2 atom stereocenters. The summed E-state index contributed by atoms with van der Waals surface area (Å²) in [5.74, 6) is 0.594. The second kappa shape index (κ2) is 9.96. The van der Waals surface area contributed by atoms with Crippen molar-refractivity contribution in [3.8, 4) is 5.75 Å². The Hall–Kier alpha value is -2.86. The molecule has 4 rings (SSSR count). The molecule has 2 unspecified atom stereocenters. The molecule has 2 fully saturated rings. The monoisotopic (exact) mass is 422 g/mol. The first-order valence-electron chi connectivity index (χ1n) is 11.0. The lowest BCUT2D eigenvalue weighted by Gasteiger charge is -2.25. The number of carbonyl (C=O) groups is 2. The number of hydrogen-bond donors (Lipinski definition) is 0. The second-order valence-corrected chi connectivity index (χ2v) is 8.30. The summed E-state index contributed by atoms with van der Waals surface area (Å²) in [6.45, 7) is 2.47. The number of rotatable bonds is 7. The van der Waals surface area contributed by atoms with E-state index in [0.717, 1.165) is 31.6 Å². The van der Waals surface area contributed by atoms with E-state index in [1.807, 2.05) is 24.3 Å². The van der Waals surface area contributed by atoms with Crippen LogP contribution in [-0.2, 0) is 20.7 Å². The number of likely N-dealkylation sites (tertiary alicyclic amines) is 2. The van der Waals surface area contributed by atoms with Crippen molar-refractivity contribution in [2.45, 2.75) is 37.8 Å². The topological polar surface area (TPSA) is 59.1 Å². The molecule has 0 aliphatic carbocycles. The smallest absolute Gasteiger partial charge is 0.328 e. The zero-order chi connectivity index (χ0) is 21.6. The summed E-state index contributed by atoms with van der Waals surface area (Å²) >= 11 is 0. The molecule has 164 valence electrons. The summed E-state index contributed by atoms with van der Waals surface area (Å²) in [5.41, 5.74) is 2.42. The Morgan fingerprint density at radius 3 is 2.58 bits per heavy atom. The molecule has 6 heteroatoms. The van der Waals surface area contributed by atoms with Crippen molar-refractivity contribution in [1.29, 1.82) is 0 Å². The number of benzene rings is 2. The molecule has 2 saturated heterocycles. The maximum Gasteiger partial charge on any atom is 0.328 e. The van der Waals surface area contributed by atoms with Gasteiger partial charge in [-0.2, -0.15) is 0 Å². The maximum absolute atomic E-state index is 12.8. The van der Waals surface area contributed by atoms with Gasteiger partial charge in [0.15, 0.2) is 0 Å². The van der Waals surface area contributed by atoms with Crippen LogP contribution in [0.2, 0.25) is 0 Å². The Kier molecular flexibility index (Phi) is 6.87. The predicted octanol–water partition coefficient (Wildman–Crippen LogP) is 2.89. The van der Waals surface area contributed by atoms with Gasteiger partial charge in [0.25, 0.3) is 0 Å². The van der Waals surface area contributed by atoms with E-state index in [1.54, 1.807) is 4.90 Å². The van der Waals surface area contributed by atoms with Gasteiger partial charge < -0.3 is 14.4 Å². The number of hydrogen-bond acceptors (Lipinski definition) is 5. The summed E-state index contributed by atoms with van der Waals surface area (Å²) in [6, 6.07) is 18.1. The lowest BCUT2D eigenvalue weighted by atomic mass is 10.0. The molecule has 0 aromatic heterocycles. The van der Waals surface area contributed by atoms with Crippen molar-refractivity contribution in [1.82, 2.24) is 9.80 Å². The largest absolute Gasteiger partial charge is 0.489 e. The van der Waals surface area contributed by atoms with Gasteiger partial charge in [0, 0.05) is 26.1 Å². The molecule has 1 amide bonds. The highest BCUT2D eigenvalue weighted by molar-refractivity contribution is 5.86. The van der Waals surface area contributed by atoms with Crippen LogP contribution >= 0.6 is 0 Å². The predicted molar refractivity (Wildman–Crippen MR) is 118 cm³/mol. The van der Waals surface area contributed by atoms with Crippen LogP contribution in [0.1, 0.15) is 30.4 Å². The van der Waals surface area contributed by atoms with E-state index < -0.39 is 6.04 Å². The van der Waals surface area contributed by atoms with Gasteiger partial charge in [-0.15, -0.1) is 0 Å². The van der Waals surface area contributed by atoms with E-state index in [9.17, 15) is 9.59 Å². The Morgan fingerprint density at radius 2 is 1.77 bits per heavy atom. The highest BCUT2D eigenvalue weighted by Crippen LogP contribution is 2.25. The lowest BCUT2D eigenvalue weighted by molar-refractivity contribution is -0.151. The first-order valence-corrected chi connectivity index (χ1v) is 11.0. The molecule has 0 N–H and O–H groups in total. The minimum absolute atomic E-state index is 0.00183. The fourth-order valence-corrected chi connectivity index (χ4v) is 4.53. The number of carbonyl (C=O) groups excluding carboxylic acids is 2. The van der Waals surface area contributed by atoms with Crippen molar-refractivity contribution in [3.63, 3.8) is 0 Å². The highest BCUT2D eigenvalue weighted by atomic mass is 16.5. The Morgan fingerprint density at radius 1 is 1.00 bits per heavy atom. The van der Waals surface area contributed by atoms with Gasteiger partial charge in [-0.3, -0.25) is 9.69 Å². The van der Waals surface area contributed by atoms with Crippen LogP contribution < -0.4 is 4.74 Å². The Bertz CT molecular complexity index is 901. The molecule has 2 heterocycles. The molecule has 2 aromatic rings. The third-order valence-electron chi connectivity index (χ3n) is 6.14. The molecule has 2 aromatic carbocycles. The molecule has 6 nitrogen and oxygen atoms in total. The van der Waals surface area contributed by atoms with Crippen LogP contribution in [0.5, 0.6) is 5.75 Å². The minimum atomic E-state index is -0.433. The van der Waals surface area contributed by atoms with Gasteiger partial charge in [-0.25, -0.2) is 4.79 Å². The van der Waals surface area contributed by atoms with Crippen LogP contribution in [0.4, 0.5) is 0 Å². The molecule has 2 aliphatic rings. The summed E-state index contributed by atoms with van der Waals surface area (Å²) in [6.07, 6.45) is 3.29. The Labute approximate surface area is 183 Å². The van der Waals surface area contributed by atoms with E-state index in [2.05, 4.69) is 35.2 Å². The second-order valence-electron chi connectivity index (χ2n) is 8.30. The van der Waals surface area contributed by atoms with Crippen LogP contribution in [-0.4, -0.2) is 67.1 Å². The average Bonchev–Trinajstić information content (AvgIpc) is 3.45. The molecule has 0 bridgehead atoms. The van der Waals surface area contributed by atoms with Crippen LogP contribution in [0.3, 0.4) is 0 Å². The number of nitrogens with zero attached hydrogens (tertiary/aromatic N) is 2. The molecule has 2 aliphatic heterocycles. The van der Waals surface area contributed by atoms with Gasteiger partial charge >= 0.3 is 5.97 Å². The first kappa shape index (κ1) is 21.4. The fourth-order valence-electron chi connectivity index (χ4n) is 4.53. The van der Waals surface area contributed by atoms with E-state index in [0.29, 0.717) is 26.1 Å². The summed E-state index contributed by atoms with van der Waals surface area (Å²) in [5, 5.41) is 0. The first-order chi connectivity index (χ1) is 15.1. The molecular weight excluding hydrogens is 392 g/mol. The van der Waals surface area contributed by atoms with Crippen molar-refractivity contribution in [2.75, 3.05) is 33.3 Å². The number of para-hydroxylation sites is 1. The standard InChI is InChI=1S/C25H30N2O4/c1-30-25(29)22-11-7-14-27(22)24(28)18-26-15-13-21(17-26)31-23-12-6-5-10-20(23)16-19-8-3-2-4-9-19/h2-6,8-10,12,21-22H,7,11,13-18H2,1H3. The van der Waals surface area contributed by atoms with E-state index in [4.69, 9.17) is 9.47 Å². The number of ether oxygens (including phenoxy) is 2. The third kappa shape index (κ3) is 5.25. The van der Waals surface area contributed by atoms with E-state index in [-0.39, 0.29) is 18.0 Å². The number of esters is 1. The molecular formula is C25H30N2O4. The maximum atomic E-state index is 12.8. The van der Waals surface area contributed by atoms with Crippen molar-refractivity contribution in [3.05, 3.63) is 65.7 Å². The van der Waals surface area contributed by atoms with Gasteiger partial charge in [-0.1, -0.05) is 48.5 Å². The lowest BCUT2D eigenvalue weighted by Crippen LogP contribution is -2.45. The van der Waals surface area contributed by atoms with Crippen molar-refractivity contribution >= 4 is 11.9 Å². The van der Waals surface area contributed by atoms with Gasteiger partial charge in [0.2, 0.25) is 5.91 Å². The normalized spacial score (nSPS) is 21.3. The van der Waals surface area contributed by atoms with E-state index in [1.165, 1.54) is 18.2 Å². The highest BCUT2D eigenvalue weighted by Gasteiger charge is 2.36. The van der Waals surface area contributed by atoms with Crippen LogP contribution in [0.25, 0.3) is 0 Å².